The van der Waals surface area contributed by atoms with E-state index in [9.17, 15) is 13.2 Å². The molecular formula is C19H18F3N5. The molecule has 0 spiro atoms. The Balaban J connectivity index is 2.02. The number of pyridine rings is 1. The second-order valence-corrected chi connectivity index (χ2v) is 6.00. The van der Waals surface area contributed by atoms with E-state index in [2.05, 4.69) is 25.6 Å². The molecule has 0 radical (unpaired) electrons. The molecule has 2 N–H and O–H groups in total. The predicted molar refractivity (Wildman–Crippen MR) is 98.2 cm³/mol. The first-order chi connectivity index (χ1) is 13.0. The molecule has 0 saturated carbocycles. The summed E-state index contributed by atoms with van der Waals surface area (Å²) in [5.74, 6) is -2.66. The quantitative estimate of drug-likeness (QED) is 0.643. The molecule has 2 heterocycles. The van der Waals surface area contributed by atoms with E-state index in [1.165, 1.54) is 6.07 Å². The summed E-state index contributed by atoms with van der Waals surface area (Å²) in [6.07, 6.45) is 2.45. The molecule has 0 unspecified atom stereocenters. The fraction of sp³-hybridized carbons (Fsp3) is 0.211. The summed E-state index contributed by atoms with van der Waals surface area (Å²) < 4.78 is 41.1. The monoisotopic (exact) mass is 373 g/mol. The molecule has 8 heteroatoms. The number of aromatic nitrogens is 3. The average Bonchev–Trinajstić information content (AvgIpc) is 2.65. The van der Waals surface area contributed by atoms with Gasteiger partial charge in [-0.3, -0.25) is 4.98 Å². The highest BCUT2D eigenvalue weighted by Gasteiger charge is 2.15. The number of anilines is 3. The van der Waals surface area contributed by atoms with Crippen LogP contribution in [0.4, 0.5) is 30.6 Å². The Morgan fingerprint density at radius 3 is 2.37 bits per heavy atom. The van der Waals surface area contributed by atoms with Crippen LogP contribution >= 0.6 is 0 Å². The molecule has 0 amide bonds. The normalized spacial score (nSPS) is 11.9. The fourth-order valence-corrected chi connectivity index (χ4v) is 2.33. The van der Waals surface area contributed by atoms with Gasteiger partial charge in [0, 0.05) is 30.4 Å². The lowest BCUT2D eigenvalue weighted by Crippen LogP contribution is -2.16. The molecule has 27 heavy (non-hydrogen) atoms. The Kier molecular flexibility index (Phi) is 5.54. The Morgan fingerprint density at radius 2 is 1.74 bits per heavy atom. The van der Waals surface area contributed by atoms with Gasteiger partial charge in [0.2, 0.25) is 5.95 Å². The Morgan fingerprint density at radius 1 is 1.00 bits per heavy atom. The first kappa shape index (κ1) is 18.6. The Hall–Kier alpha value is -3.16. The van der Waals surface area contributed by atoms with Crippen molar-refractivity contribution in [3.8, 4) is 11.4 Å². The number of nitrogens with zero attached hydrogens (tertiary/aromatic N) is 3. The third kappa shape index (κ3) is 4.52. The molecule has 3 rings (SSSR count). The number of benzene rings is 1. The summed E-state index contributed by atoms with van der Waals surface area (Å²) >= 11 is 0. The zero-order chi connectivity index (χ0) is 19.4. The van der Waals surface area contributed by atoms with Gasteiger partial charge >= 0.3 is 0 Å². The molecule has 1 atom stereocenters. The first-order valence-corrected chi connectivity index (χ1v) is 8.45. The average molecular weight is 373 g/mol. The lowest BCUT2D eigenvalue weighted by Gasteiger charge is -2.15. The van der Waals surface area contributed by atoms with Crippen molar-refractivity contribution in [2.24, 2.45) is 0 Å². The van der Waals surface area contributed by atoms with Gasteiger partial charge in [0.1, 0.15) is 17.3 Å². The summed E-state index contributed by atoms with van der Waals surface area (Å²) in [5.41, 5.74) is 0.564. The van der Waals surface area contributed by atoms with Crippen LogP contribution in [-0.4, -0.2) is 21.0 Å². The molecule has 0 aliphatic rings. The zero-order valence-corrected chi connectivity index (χ0v) is 14.8. The van der Waals surface area contributed by atoms with E-state index in [0.717, 1.165) is 6.42 Å². The van der Waals surface area contributed by atoms with Crippen LogP contribution in [0.5, 0.6) is 0 Å². The standard InChI is InChI=1S/C19H18F3N5/c1-3-11(2)24-19-25-16(15-6-4-5-7-23-15)10-17(27-19)26-18-13(21)8-12(20)9-14(18)22/h4-11H,3H2,1-2H3,(H2,24,25,26,27)/t11-/m1/s1. The van der Waals surface area contributed by atoms with Crippen LogP contribution in [0.25, 0.3) is 11.4 Å². The smallest absolute Gasteiger partial charge is 0.225 e. The lowest BCUT2D eigenvalue weighted by molar-refractivity contribution is 0.548. The highest BCUT2D eigenvalue weighted by Crippen LogP contribution is 2.26. The number of hydrogen-bond donors (Lipinski definition) is 2. The van der Waals surface area contributed by atoms with Crippen LogP contribution < -0.4 is 10.6 Å². The lowest BCUT2D eigenvalue weighted by atomic mass is 10.2. The molecule has 2 aromatic heterocycles. The van der Waals surface area contributed by atoms with E-state index in [0.29, 0.717) is 23.5 Å². The van der Waals surface area contributed by atoms with Crippen molar-refractivity contribution < 1.29 is 13.2 Å². The molecule has 3 aromatic rings. The van der Waals surface area contributed by atoms with Gasteiger partial charge in [-0.1, -0.05) is 13.0 Å². The van der Waals surface area contributed by atoms with Gasteiger partial charge < -0.3 is 10.6 Å². The fourth-order valence-electron chi connectivity index (χ4n) is 2.33. The van der Waals surface area contributed by atoms with Crippen molar-refractivity contribution in [2.75, 3.05) is 10.6 Å². The van der Waals surface area contributed by atoms with Gasteiger partial charge in [0.05, 0.1) is 11.4 Å². The third-order valence-corrected chi connectivity index (χ3v) is 3.90. The van der Waals surface area contributed by atoms with Crippen molar-refractivity contribution in [2.45, 2.75) is 26.3 Å². The molecule has 0 saturated heterocycles. The maximum Gasteiger partial charge on any atom is 0.225 e. The molecule has 0 bridgehead atoms. The van der Waals surface area contributed by atoms with Crippen LogP contribution in [-0.2, 0) is 0 Å². The van der Waals surface area contributed by atoms with Gasteiger partial charge in [-0.25, -0.2) is 18.2 Å². The molecule has 0 fully saturated rings. The number of halogens is 3. The van der Waals surface area contributed by atoms with Gasteiger partial charge in [0.25, 0.3) is 0 Å². The van der Waals surface area contributed by atoms with E-state index in [1.54, 1.807) is 24.4 Å². The Labute approximate surface area is 154 Å². The van der Waals surface area contributed by atoms with Crippen LogP contribution in [0.2, 0.25) is 0 Å². The summed E-state index contributed by atoms with van der Waals surface area (Å²) in [6.45, 7) is 3.96. The summed E-state index contributed by atoms with van der Waals surface area (Å²) in [5, 5.41) is 5.70. The molecule has 5 nitrogen and oxygen atoms in total. The second-order valence-electron chi connectivity index (χ2n) is 6.00. The molecule has 0 aliphatic heterocycles. The Bertz CT molecular complexity index is 911. The van der Waals surface area contributed by atoms with E-state index in [-0.39, 0.29) is 17.8 Å². The molecule has 0 aliphatic carbocycles. The van der Waals surface area contributed by atoms with E-state index in [4.69, 9.17) is 0 Å². The minimum absolute atomic E-state index is 0.0936. The van der Waals surface area contributed by atoms with Crippen molar-refractivity contribution in [3.63, 3.8) is 0 Å². The van der Waals surface area contributed by atoms with Crippen molar-refractivity contribution in [1.29, 1.82) is 0 Å². The van der Waals surface area contributed by atoms with Crippen LogP contribution in [0, 0.1) is 17.5 Å². The highest BCUT2D eigenvalue weighted by molar-refractivity contribution is 5.65. The number of rotatable bonds is 6. The summed E-state index contributed by atoms with van der Waals surface area (Å²) in [6, 6.07) is 8.15. The van der Waals surface area contributed by atoms with E-state index < -0.39 is 23.1 Å². The SMILES string of the molecule is CC[C@@H](C)Nc1nc(Nc2c(F)cc(F)cc2F)cc(-c2ccccn2)n1. The third-order valence-electron chi connectivity index (χ3n) is 3.90. The van der Waals surface area contributed by atoms with Crippen molar-refractivity contribution in [3.05, 3.63) is 60.0 Å². The zero-order valence-electron chi connectivity index (χ0n) is 14.8. The highest BCUT2D eigenvalue weighted by atomic mass is 19.1. The minimum atomic E-state index is -1.05. The van der Waals surface area contributed by atoms with Crippen LogP contribution in [0.3, 0.4) is 0 Å². The van der Waals surface area contributed by atoms with Crippen molar-refractivity contribution >= 4 is 17.5 Å². The van der Waals surface area contributed by atoms with Gasteiger partial charge in [-0.05, 0) is 25.5 Å². The topological polar surface area (TPSA) is 62.7 Å². The van der Waals surface area contributed by atoms with Crippen LogP contribution in [0.15, 0.2) is 42.6 Å². The van der Waals surface area contributed by atoms with E-state index >= 15 is 0 Å². The summed E-state index contributed by atoms with van der Waals surface area (Å²) in [4.78, 5) is 12.9. The number of hydrogen-bond acceptors (Lipinski definition) is 5. The van der Waals surface area contributed by atoms with Gasteiger partial charge in [0.15, 0.2) is 11.6 Å². The molecular weight excluding hydrogens is 355 g/mol. The van der Waals surface area contributed by atoms with E-state index in [1.807, 2.05) is 13.8 Å². The maximum atomic E-state index is 14.0. The maximum absolute atomic E-state index is 14.0. The molecule has 1 aromatic carbocycles. The van der Waals surface area contributed by atoms with Crippen LogP contribution in [0.1, 0.15) is 20.3 Å². The van der Waals surface area contributed by atoms with Gasteiger partial charge in [-0.2, -0.15) is 4.98 Å². The van der Waals surface area contributed by atoms with Crippen molar-refractivity contribution in [1.82, 2.24) is 15.0 Å². The number of nitrogens with one attached hydrogen (secondary N) is 2. The summed E-state index contributed by atoms with van der Waals surface area (Å²) in [7, 11) is 0. The largest absolute Gasteiger partial charge is 0.352 e. The predicted octanol–water partition coefficient (Wildman–Crippen LogP) is 4.91. The van der Waals surface area contributed by atoms with Gasteiger partial charge in [-0.15, -0.1) is 0 Å². The minimum Gasteiger partial charge on any atom is -0.352 e. The first-order valence-electron chi connectivity index (χ1n) is 8.45. The second kappa shape index (κ2) is 8.03. The molecule has 140 valence electrons.